The Kier molecular flexibility index (Phi) is 5.24. The summed E-state index contributed by atoms with van der Waals surface area (Å²) in [5.74, 6) is -0.950. The first-order valence-electron chi connectivity index (χ1n) is 10.3. The van der Waals surface area contributed by atoms with Crippen molar-refractivity contribution >= 4 is 17.7 Å². The fourth-order valence-corrected chi connectivity index (χ4v) is 4.05. The maximum atomic E-state index is 13.7. The summed E-state index contributed by atoms with van der Waals surface area (Å²) >= 11 is 0. The molecule has 1 aromatic carbocycles. The number of aromatic nitrogens is 2. The first kappa shape index (κ1) is 21.0. The molecular formula is C23H25FN4O3. The number of hydrogen-bond donors (Lipinski definition) is 0. The van der Waals surface area contributed by atoms with Crippen molar-refractivity contribution in [1.82, 2.24) is 19.6 Å². The zero-order valence-corrected chi connectivity index (χ0v) is 17.9. The van der Waals surface area contributed by atoms with Crippen LogP contribution in [0.3, 0.4) is 0 Å². The number of halogens is 1. The van der Waals surface area contributed by atoms with Crippen molar-refractivity contribution in [3.8, 4) is 0 Å². The van der Waals surface area contributed by atoms with Crippen LogP contribution in [-0.4, -0.2) is 56.9 Å². The van der Waals surface area contributed by atoms with Crippen molar-refractivity contribution in [3.05, 3.63) is 64.7 Å². The van der Waals surface area contributed by atoms with Crippen LogP contribution in [0.1, 0.15) is 57.5 Å². The third kappa shape index (κ3) is 4.02. The number of hydrogen-bond acceptors (Lipinski definition) is 4. The molecule has 0 saturated carbocycles. The van der Waals surface area contributed by atoms with Crippen molar-refractivity contribution in [2.45, 2.75) is 33.7 Å². The van der Waals surface area contributed by atoms with Crippen LogP contribution < -0.4 is 0 Å². The number of carbonyl (C=O) groups is 3. The number of amides is 3. The van der Waals surface area contributed by atoms with Crippen molar-refractivity contribution in [1.29, 1.82) is 0 Å². The minimum Gasteiger partial charge on any atom is -0.338 e. The third-order valence-electron chi connectivity index (χ3n) is 5.40. The average Bonchev–Trinajstić information content (AvgIpc) is 3.24. The molecule has 0 atom stereocenters. The Bertz CT molecular complexity index is 1060. The second-order valence-corrected chi connectivity index (χ2v) is 9.23. The molecule has 0 saturated heterocycles. The normalized spacial score (nSPS) is 16.8. The van der Waals surface area contributed by atoms with E-state index in [0.29, 0.717) is 48.2 Å². The van der Waals surface area contributed by atoms with Gasteiger partial charge in [-0.1, -0.05) is 32.9 Å². The number of nitrogens with zero attached hydrogens (tertiary/aromatic N) is 4. The summed E-state index contributed by atoms with van der Waals surface area (Å²) in [4.78, 5) is 40.8. The highest BCUT2D eigenvalue weighted by molar-refractivity contribution is 6.21. The number of carbonyl (C=O) groups excluding carboxylic acids is 3. The minimum absolute atomic E-state index is 0.0142. The summed E-state index contributed by atoms with van der Waals surface area (Å²) in [6, 6.07) is 6.55. The molecule has 0 radical (unpaired) electrons. The Morgan fingerprint density at radius 3 is 2.26 bits per heavy atom. The van der Waals surface area contributed by atoms with Crippen LogP contribution in [0.25, 0.3) is 0 Å². The van der Waals surface area contributed by atoms with Gasteiger partial charge in [0, 0.05) is 25.7 Å². The number of imide groups is 1. The second kappa shape index (κ2) is 7.76. The fourth-order valence-electron chi connectivity index (χ4n) is 4.05. The van der Waals surface area contributed by atoms with E-state index in [1.807, 2.05) is 4.90 Å². The van der Waals surface area contributed by atoms with E-state index in [2.05, 4.69) is 25.9 Å². The molecule has 4 rings (SSSR count). The number of fused-ring (bicyclic) bond motifs is 2. The quantitative estimate of drug-likeness (QED) is 0.692. The van der Waals surface area contributed by atoms with Crippen LogP contribution in [0, 0.1) is 5.41 Å². The molecule has 8 heteroatoms. The molecule has 1 aromatic heterocycles. The van der Waals surface area contributed by atoms with Gasteiger partial charge >= 0.3 is 0 Å². The standard InChI is InChI=1S/C23H25FN4O3/c1-23(2,3)14-26-9-8-19-18(20(26)29)13-27(25-19)11-15(10-24)12-28-21(30)16-6-4-5-7-17(16)22(28)31/h4-7,10,13H,8-9,11-12,14H2,1-3H3. The van der Waals surface area contributed by atoms with Gasteiger partial charge in [0.2, 0.25) is 0 Å². The lowest BCUT2D eigenvalue weighted by Gasteiger charge is -2.32. The van der Waals surface area contributed by atoms with Crippen molar-refractivity contribution in [2.75, 3.05) is 19.6 Å². The maximum absolute atomic E-state index is 13.7. The zero-order valence-electron chi connectivity index (χ0n) is 17.9. The van der Waals surface area contributed by atoms with Gasteiger partial charge in [0.15, 0.2) is 0 Å². The lowest BCUT2D eigenvalue weighted by molar-refractivity contribution is 0.0661. The van der Waals surface area contributed by atoms with Gasteiger partial charge in [-0.15, -0.1) is 0 Å². The molecule has 7 nitrogen and oxygen atoms in total. The summed E-state index contributed by atoms with van der Waals surface area (Å²) < 4.78 is 15.2. The number of benzene rings is 1. The molecule has 0 spiro atoms. The largest absolute Gasteiger partial charge is 0.338 e. The summed E-state index contributed by atoms with van der Waals surface area (Å²) in [5.41, 5.74) is 2.06. The zero-order chi connectivity index (χ0) is 22.3. The monoisotopic (exact) mass is 424 g/mol. The van der Waals surface area contributed by atoms with Gasteiger partial charge in [0.1, 0.15) is 0 Å². The van der Waals surface area contributed by atoms with Gasteiger partial charge in [0.05, 0.1) is 41.8 Å². The predicted molar refractivity (Wildman–Crippen MR) is 112 cm³/mol. The van der Waals surface area contributed by atoms with Crippen LogP contribution in [0.2, 0.25) is 0 Å². The van der Waals surface area contributed by atoms with Crippen molar-refractivity contribution in [2.24, 2.45) is 5.41 Å². The molecule has 31 heavy (non-hydrogen) atoms. The molecule has 0 unspecified atom stereocenters. The Balaban J connectivity index is 1.48. The Morgan fingerprint density at radius 1 is 1.03 bits per heavy atom. The van der Waals surface area contributed by atoms with Gasteiger partial charge in [-0.05, 0) is 23.1 Å². The molecule has 0 N–H and O–H groups in total. The van der Waals surface area contributed by atoms with Crippen LogP contribution >= 0.6 is 0 Å². The topological polar surface area (TPSA) is 75.5 Å². The van der Waals surface area contributed by atoms with E-state index in [1.54, 1.807) is 30.5 Å². The van der Waals surface area contributed by atoms with E-state index in [4.69, 9.17) is 0 Å². The Hall–Kier alpha value is -3.29. The first-order chi connectivity index (χ1) is 14.7. The highest BCUT2D eigenvalue weighted by atomic mass is 19.1. The van der Waals surface area contributed by atoms with Gasteiger partial charge in [-0.2, -0.15) is 5.10 Å². The van der Waals surface area contributed by atoms with Crippen molar-refractivity contribution in [3.63, 3.8) is 0 Å². The SMILES string of the molecule is CC(C)(C)CN1CCc2nn(CC(=CF)CN3C(=O)c4ccccc4C3=O)cc2C1=O. The van der Waals surface area contributed by atoms with E-state index in [-0.39, 0.29) is 30.0 Å². The highest BCUT2D eigenvalue weighted by Crippen LogP contribution is 2.25. The molecule has 2 aromatic rings. The summed E-state index contributed by atoms with van der Waals surface area (Å²) in [7, 11) is 0. The maximum Gasteiger partial charge on any atom is 0.261 e. The van der Waals surface area contributed by atoms with E-state index in [9.17, 15) is 18.8 Å². The van der Waals surface area contributed by atoms with Gasteiger partial charge < -0.3 is 4.90 Å². The third-order valence-corrected chi connectivity index (χ3v) is 5.40. The molecular weight excluding hydrogens is 399 g/mol. The summed E-state index contributed by atoms with van der Waals surface area (Å²) in [6.07, 6.45) is 2.66. The van der Waals surface area contributed by atoms with E-state index in [0.717, 1.165) is 4.90 Å². The van der Waals surface area contributed by atoms with Crippen LogP contribution in [0.15, 0.2) is 42.4 Å². The van der Waals surface area contributed by atoms with Gasteiger partial charge in [0.25, 0.3) is 17.7 Å². The molecule has 0 bridgehead atoms. The van der Waals surface area contributed by atoms with Gasteiger partial charge in [-0.25, -0.2) is 4.39 Å². The van der Waals surface area contributed by atoms with Crippen LogP contribution in [0.5, 0.6) is 0 Å². The molecule has 0 fully saturated rings. The van der Waals surface area contributed by atoms with E-state index in [1.165, 1.54) is 4.68 Å². The number of rotatable bonds is 5. The molecule has 0 aliphatic carbocycles. The lowest BCUT2D eigenvalue weighted by atomic mass is 9.94. The molecule has 3 amide bonds. The summed E-state index contributed by atoms with van der Waals surface area (Å²) in [5, 5.41) is 4.45. The lowest BCUT2D eigenvalue weighted by Crippen LogP contribution is -2.42. The second-order valence-electron chi connectivity index (χ2n) is 9.23. The Morgan fingerprint density at radius 2 is 1.68 bits per heavy atom. The smallest absolute Gasteiger partial charge is 0.261 e. The highest BCUT2D eigenvalue weighted by Gasteiger charge is 2.36. The van der Waals surface area contributed by atoms with Gasteiger partial charge in [-0.3, -0.25) is 24.0 Å². The van der Waals surface area contributed by atoms with Crippen LogP contribution in [0.4, 0.5) is 4.39 Å². The van der Waals surface area contributed by atoms with E-state index >= 15 is 0 Å². The van der Waals surface area contributed by atoms with Crippen LogP contribution in [-0.2, 0) is 13.0 Å². The molecule has 2 aliphatic heterocycles. The van der Waals surface area contributed by atoms with E-state index < -0.39 is 11.8 Å². The average molecular weight is 424 g/mol. The predicted octanol–water partition coefficient (Wildman–Crippen LogP) is 3.08. The molecule has 3 heterocycles. The Labute approximate surface area is 180 Å². The molecule has 2 aliphatic rings. The summed E-state index contributed by atoms with van der Waals surface area (Å²) in [6.45, 7) is 7.36. The first-order valence-corrected chi connectivity index (χ1v) is 10.3. The van der Waals surface area contributed by atoms with Crippen molar-refractivity contribution < 1.29 is 18.8 Å². The fraction of sp³-hybridized carbons (Fsp3) is 0.391. The molecule has 162 valence electrons. The minimum atomic E-state index is -0.437.